The lowest BCUT2D eigenvalue weighted by atomic mass is 9.74. The molecule has 3 atom stereocenters. The van der Waals surface area contributed by atoms with Crippen molar-refractivity contribution in [3.05, 3.63) is 71.3 Å². The number of aliphatic hydroxyl groups is 1. The van der Waals surface area contributed by atoms with Crippen molar-refractivity contribution in [2.75, 3.05) is 26.2 Å². The Morgan fingerprint density at radius 2 is 1.67 bits per heavy atom. The average molecular weight is 405 g/mol. The zero-order valence-electron chi connectivity index (χ0n) is 17.8. The van der Waals surface area contributed by atoms with Crippen LogP contribution in [0.15, 0.2) is 54.6 Å². The summed E-state index contributed by atoms with van der Waals surface area (Å²) >= 11 is 0. The molecule has 4 nitrogen and oxygen atoms in total. The van der Waals surface area contributed by atoms with Gasteiger partial charge in [0.25, 0.3) is 0 Å². The number of hydrogen-bond acceptors (Lipinski definition) is 3. The van der Waals surface area contributed by atoms with Crippen molar-refractivity contribution < 1.29 is 9.90 Å². The Morgan fingerprint density at radius 3 is 2.33 bits per heavy atom. The topological polar surface area (TPSA) is 43.8 Å². The Morgan fingerprint density at radius 1 is 1.00 bits per heavy atom. The van der Waals surface area contributed by atoms with Gasteiger partial charge in [0.15, 0.2) is 0 Å². The van der Waals surface area contributed by atoms with E-state index in [1.54, 1.807) is 0 Å². The van der Waals surface area contributed by atoms with Crippen molar-refractivity contribution >= 4 is 18.1 Å². The molecular formula is C26H32N2O2. The molecule has 4 heteroatoms. The fourth-order valence-electron chi connectivity index (χ4n) is 4.98. The Hall–Kier alpha value is -2.43. The number of fused-ring (bicyclic) bond motifs is 1. The molecule has 158 valence electrons. The van der Waals surface area contributed by atoms with Crippen molar-refractivity contribution in [1.82, 2.24) is 9.80 Å². The van der Waals surface area contributed by atoms with E-state index in [1.165, 1.54) is 16.7 Å². The normalized spacial score (nSPS) is 24.7. The maximum Gasteiger partial charge on any atom is 0.222 e. The van der Waals surface area contributed by atoms with Crippen molar-refractivity contribution in [3.63, 3.8) is 0 Å². The van der Waals surface area contributed by atoms with E-state index >= 15 is 0 Å². The second-order valence-corrected chi connectivity index (χ2v) is 8.39. The maximum absolute atomic E-state index is 12.4. The molecule has 2 aromatic rings. The van der Waals surface area contributed by atoms with Crippen LogP contribution in [0.5, 0.6) is 0 Å². The first-order valence-corrected chi connectivity index (χ1v) is 11.2. The van der Waals surface area contributed by atoms with E-state index in [2.05, 4.69) is 53.5 Å². The molecule has 0 aromatic heterocycles. The van der Waals surface area contributed by atoms with Gasteiger partial charge in [-0.25, -0.2) is 0 Å². The van der Waals surface area contributed by atoms with Gasteiger partial charge in [-0.05, 0) is 36.1 Å². The van der Waals surface area contributed by atoms with Gasteiger partial charge in [0.05, 0.1) is 6.61 Å². The molecule has 2 fully saturated rings. The van der Waals surface area contributed by atoms with Gasteiger partial charge in [-0.3, -0.25) is 9.69 Å². The van der Waals surface area contributed by atoms with Crippen LogP contribution in [-0.4, -0.2) is 59.1 Å². The summed E-state index contributed by atoms with van der Waals surface area (Å²) in [5.41, 5.74) is 3.61. The second kappa shape index (κ2) is 9.59. The zero-order valence-corrected chi connectivity index (χ0v) is 17.8. The summed E-state index contributed by atoms with van der Waals surface area (Å²) in [7, 11) is 0. The van der Waals surface area contributed by atoms with Crippen molar-refractivity contribution in [3.8, 4) is 0 Å². The lowest BCUT2D eigenvalue weighted by molar-refractivity contribution is -0.136. The molecule has 0 spiro atoms. The quantitative estimate of drug-likeness (QED) is 0.766. The average Bonchev–Trinajstić information content (AvgIpc) is 2.77. The van der Waals surface area contributed by atoms with Crippen LogP contribution in [0, 0.1) is 0 Å². The number of benzene rings is 2. The molecular weight excluding hydrogens is 372 g/mol. The van der Waals surface area contributed by atoms with Crippen LogP contribution in [0.2, 0.25) is 0 Å². The monoisotopic (exact) mass is 404 g/mol. The van der Waals surface area contributed by atoms with Crippen LogP contribution < -0.4 is 0 Å². The molecule has 2 heterocycles. The van der Waals surface area contributed by atoms with Gasteiger partial charge in [-0.15, -0.1) is 0 Å². The molecule has 0 aliphatic carbocycles. The first-order chi connectivity index (χ1) is 14.7. The molecule has 2 aliphatic rings. The van der Waals surface area contributed by atoms with Crippen LogP contribution in [0.1, 0.15) is 48.8 Å². The lowest BCUT2D eigenvalue weighted by Gasteiger charge is -2.57. The molecule has 2 aliphatic heterocycles. The van der Waals surface area contributed by atoms with E-state index in [4.69, 9.17) is 0 Å². The van der Waals surface area contributed by atoms with Gasteiger partial charge in [0, 0.05) is 37.5 Å². The van der Waals surface area contributed by atoms with E-state index in [-0.39, 0.29) is 24.5 Å². The summed E-state index contributed by atoms with van der Waals surface area (Å²) in [6.07, 6.45) is 6.94. The third-order valence-electron chi connectivity index (χ3n) is 6.61. The number of amides is 1. The summed E-state index contributed by atoms with van der Waals surface area (Å²) in [4.78, 5) is 16.8. The van der Waals surface area contributed by atoms with Gasteiger partial charge in [0.1, 0.15) is 0 Å². The van der Waals surface area contributed by atoms with Crippen LogP contribution in [0.3, 0.4) is 0 Å². The van der Waals surface area contributed by atoms with E-state index in [9.17, 15) is 9.90 Å². The summed E-state index contributed by atoms with van der Waals surface area (Å²) in [5.74, 6) is 0.511. The minimum absolute atomic E-state index is 0.150. The molecule has 0 saturated carbocycles. The molecule has 30 heavy (non-hydrogen) atoms. The molecule has 2 saturated heterocycles. The molecule has 0 unspecified atom stereocenters. The van der Waals surface area contributed by atoms with Gasteiger partial charge in [0.2, 0.25) is 5.91 Å². The number of carbonyl (C=O) groups is 1. The second-order valence-electron chi connectivity index (χ2n) is 8.39. The first-order valence-electron chi connectivity index (χ1n) is 11.2. The molecule has 1 N–H and O–H groups in total. The maximum atomic E-state index is 12.4. The number of carbonyl (C=O) groups excluding carboxylic acids is 1. The molecule has 4 rings (SSSR count). The van der Waals surface area contributed by atoms with Crippen LogP contribution in [0.25, 0.3) is 12.2 Å². The first kappa shape index (κ1) is 20.8. The fraction of sp³-hybridized carbons (Fsp3) is 0.423. The summed E-state index contributed by atoms with van der Waals surface area (Å²) in [6, 6.07) is 19.4. The van der Waals surface area contributed by atoms with E-state index in [1.807, 2.05) is 30.0 Å². The number of aliphatic hydroxyl groups excluding tert-OH is 1. The van der Waals surface area contributed by atoms with Crippen molar-refractivity contribution in [2.45, 2.75) is 44.2 Å². The number of rotatable bonds is 5. The van der Waals surface area contributed by atoms with Gasteiger partial charge in [-0.1, -0.05) is 73.7 Å². The summed E-state index contributed by atoms with van der Waals surface area (Å²) < 4.78 is 0. The Bertz CT molecular complexity index is 862. The summed E-state index contributed by atoms with van der Waals surface area (Å²) in [6.45, 7) is 4.74. The highest BCUT2D eigenvalue weighted by atomic mass is 16.3. The molecule has 0 radical (unpaired) electrons. The number of nitrogens with zero attached hydrogens (tertiary/aromatic N) is 2. The highest BCUT2D eigenvalue weighted by Gasteiger charge is 2.49. The Kier molecular flexibility index (Phi) is 6.66. The number of hydrogen-bond donors (Lipinski definition) is 1. The Balaban J connectivity index is 1.51. The largest absolute Gasteiger partial charge is 0.395 e. The predicted molar refractivity (Wildman–Crippen MR) is 122 cm³/mol. The standard InChI is InChI=1S/C26H32N2O2/c1-2-25(30)27-16-6-7-17-28-23(18-27)26(24(28)19-29)22-14-12-21(13-15-22)11-10-20-8-4-3-5-9-20/h3-5,8-15,23-24,26,29H,2,6-7,16-19H2,1H3/b11-10+/t23-,24+,26-/m1/s1. The van der Waals surface area contributed by atoms with Crippen molar-refractivity contribution in [2.24, 2.45) is 0 Å². The van der Waals surface area contributed by atoms with Gasteiger partial charge in [-0.2, -0.15) is 0 Å². The van der Waals surface area contributed by atoms with Gasteiger partial charge >= 0.3 is 0 Å². The lowest BCUT2D eigenvalue weighted by Crippen LogP contribution is -2.67. The van der Waals surface area contributed by atoms with Crippen LogP contribution in [-0.2, 0) is 4.79 Å². The highest BCUT2D eigenvalue weighted by Crippen LogP contribution is 2.42. The minimum Gasteiger partial charge on any atom is -0.395 e. The van der Waals surface area contributed by atoms with Crippen LogP contribution >= 0.6 is 0 Å². The Labute approximate surface area is 179 Å². The molecule has 0 bridgehead atoms. The third kappa shape index (κ3) is 4.35. The third-order valence-corrected chi connectivity index (χ3v) is 6.61. The molecule has 1 amide bonds. The van der Waals surface area contributed by atoms with Crippen molar-refractivity contribution in [1.29, 1.82) is 0 Å². The minimum atomic E-state index is 0.150. The van der Waals surface area contributed by atoms with E-state index in [0.29, 0.717) is 12.5 Å². The molecule has 2 aromatic carbocycles. The summed E-state index contributed by atoms with van der Waals surface area (Å²) in [5, 5.41) is 10.1. The predicted octanol–water partition coefficient (Wildman–Crippen LogP) is 4.02. The highest BCUT2D eigenvalue weighted by molar-refractivity contribution is 5.76. The SMILES string of the molecule is CCC(=O)N1CCCCN2[C@H](C1)[C@@H](c1ccc(/C=C/c3ccccc3)cc1)[C@@H]2CO. The smallest absolute Gasteiger partial charge is 0.222 e. The van der Waals surface area contributed by atoms with Crippen LogP contribution in [0.4, 0.5) is 0 Å². The van der Waals surface area contributed by atoms with Gasteiger partial charge < -0.3 is 10.0 Å². The van der Waals surface area contributed by atoms with E-state index in [0.717, 1.165) is 32.5 Å². The van der Waals surface area contributed by atoms with E-state index < -0.39 is 0 Å². The zero-order chi connectivity index (χ0) is 20.9. The fourth-order valence-corrected chi connectivity index (χ4v) is 4.98.